The molecule has 0 aliphatic rings. The van der Waals surface area contributed by atoms with Gasteiger partial charge < -0.3 is 5.32 Å². The third-order valence-electron chi connectivity index (χ3n) is 3.05. The molecule has 118 valence electrons. The molecule has 0 aliphatic carbocycles. The van der Waals surface area contributed by atoms with Crippen LogP contribution in [-0.4, -0.2) is 17.5 Å². The van der Waals surface area contributed by atoms with Crippen LogP contribution in [0.3, 0.4) is 0 Å². The quantitative estimate of drug-likeness (QED) is 0.666. The number of nitrogens with zero attached hydrogens (tertiary/aromatic N) is 1. The maximum atomic E-state index is 12.1. The average molecular weight is 330 g/mol. The number of amides is 2. The molecular weight excluding hydrogens is 314 g/mol. The Labute approximate surface area is 139 Å². The van der Waals surface area contributed by atoms with Crippen LogP contribution in [0.1, 0.15) is 29.8 Å². The second kappa shape index (κ2) is 7.56. The molecule has 0 unspecified atom stereocenters. The van der Waals surface area contributed by atoms with E-state index in [4.69, 9.17) is 11.6 Å². The lowest BCUT2D eigenvalue weighted by atomic mass is 10.1. The molecule has 0 saturated heterocycles. The van der Waals surface area contributed by atoms with Gasteiger partial charge in [0.15, 0.2) is 0 Å². The number of anilines is 1. The summed E-state index contributed by atoms with van der Waals surface area (Å²) in [5, 5.41) is 7.34. The van der Waals surface area contributed by atoms with E-state index in [2.05, 4.69) is 15.8 Å². The Morgan fingerprint density at radius 1 is 0.913 bits per heavy atom. The van der Waals surface area contributed by atoms with Crippen LogP contribution in [-0.2, 0) is 4.79 Å². The monoisotopic (exact) mass is 329 g/mol. The van der Waals surface area contributed by atoms with Gasteiger partial charge in [-0.05, 0) is 48.9 Å². The van der Waals surface area contributed by atoms with Crippen LogP contribution >= 0.6 is 11.6 Å². The molecule has 5 nitrogen and oxygen atoms in total. The second-order valence-corrected chi connectivity index (χ2v) is 5.34. The van der Waals surface area contributed by atoms with Crippen molar-refractivity contribution in [3.63, 3.8) is 0 Å². The average Bonchev–Trinajstić information content (AvgIpc) is 2.54. The lowest BCUT2D eigenvalue weighted by Gasteiger charge is -2.07. The number of carbonyl (C=O) groups excluding carboxylic acids is 2. The van der Waals surface area contributed by atoms with Crippen LogP contribution in [0.15, 0.2) is 53.6 Å². The normalized spacial score (nSPS) is 11.0. The summed E-state index contributed by atoms with van der Waals surface area (Å²) in [6, 6.07) is 13.8. The van der Waals surface area contributed by atoms with Crippen molar-refractivity contribution < 1.29 is 9.59 Å². The standard InChI is InChI=1S/C17H16ClN3O2/c1-11(20-21-12(2)22)13-5-9-16(10-6-13)19-17(23)14-3-7-15(18)8-4-14/h3-10H,1-2H3,(H,19,23)(H,21,22)/b20-11-. The molecule has 0 aromatic heterocycles. The van der Waals surface area contributed by atoms with Gasteiger partial charge in [-0.2, -0.15) is 5.10 Å². The Morgan fingerprint density at radius 2 is 1.48 bits per heavy atom. The first-order valence-corrected chi connectivity index (χ1v) is 7.32. The van der Waals surface area contributed by atoms with Crippen LogP contribution < -0.4 is 10.7 Å². The Bertz CT molecular complexity index is 737. The summed E-state index contributed by atoms with van der Waals surface area (Å²) in [4.78, 5) is 22.9. The minimum Gasteiger partial charge on any atom is -0.322 e. The number of benzene rings is 2. The summed E-state index contributed by atoms with van der Waals surface area (Å²) in [6.07, 6.45) is 0. The fraction of sp³-hybridized carbons (Fsp3) is 0.118. The van der Waals surface area contributed by atoms with Crippen molar-refractivity contribution in [2.45, 2.75) is 13.8 Å². The smallest absolute Gasteiger partial charge is 0.255 e. The predicted octanol–water partition coefficient (Wildman–Crippen LogP) is 3.45. The molecule has 0 heterocycles. The van der Waals surface area contributed by atoms with Crippen molar-refractivity contribution in [2.24, 2.45) is 5.10 Å². The molecular formula is C17H16ClN3O2. The van der Waals surface area contributed by atoms with E-state index < -0.39 is 0 Å². The number of hydrogen-bond acceptors (Lipinski definition) is 3. The van der Waals surface area contributed by atoms with Crippen LogP contribution in [0, 0.1) is 0 Å². The molecule has 0 saturated carbocycles. The van der Waals surface area contributed by atoms with E-state index in [9.17, 15) is 9.59 Å². The summed E-state index contributed by atoms with van der Waals surface area (Å²) in [6.45, 7) is 3.18. The highest BCUT2D eigenvalue weighted by Gasteiger charge is 2.06. The van der Waals surface area contributed by atoms with Gasteiger partial charge in [-0.1, -0.05) is 23.7 Å². The predicted molar refractivity (Wildman–Crippen MR) is 91.9 cm³/mol. The van der Waals surface area contributed by atoms with Gasteiger partial charge in [0.2, 0.25) is 5.91 Å². The Balaban J connectivity index is 2.05. The van der Waals surface area contributed by atoms with Gasteiger partial charge in [0, 0.05) is 23.2 Å². The lowest BCUT2D eigenvalue weighted by Crippen LogP contribution is -2.15. The fourth-order valence-electron chi connectivity index (χ4n) is 1.83. The largest absolute Gasteiger partial charge is 0.322 e. The second-order valence-electron chi connectivity index (χ2n) is 4.90. The lowest BCUT2D eigenvalue weighted by molar-refractivity contribution is -0.118. The van der Waals surface area contributed by atoms with E-state index in [0.717, 1.165) is 5.56 Å². The molecule has 0 bridgehead atoms. The van der Waals surface area contributed by atoms with Gasteiger partial charge >= 0.3 is 0 Å². The highest BCUT2D eigenvalue weighted by molar-refractivity contribution is 6.30. The maximum Gasteiger partial charge on any atom is 0.255 e. The zero-order chi connectivity index (χ0) is 16.8. The topological polar surface area (TPSA) is 70.6 Å². The number of halogens is 1. The van der Waals surface area contributed by atoms with E-state index in [-0.39, 0.29) is 11.8 Å². The summed E-state index contributed by atoms with van der Waals surface area (Å²) in [7, 11) is 0. The first-order chi connectivity index (χ1) is 11.0. The van der Waals surface area contributed by atoms with Crippen LogP contribution in [0.2, 0.25) is 5.02 Å². The molecule has 2 rings (SSSR count). The first-order valence-electron chi connectivity index (χ1n) is 6.94. The molecule has 2 N–H and O–H groups in total. The molecule has 0 atom stereocenters. The van der Waals surface area contributed by atoms with Crippen molar-refractivity contribution in [3.8, 4) is 0 Å². The van der Waals surface area contributed by atoms with Crippen molar-refractivity contribution in [1.82, 2.24) is 5.43 Å². The number of hydrogen-bond donors (Lipinski definition) is 2. The van der Waals surface area contributed by atoms with E-state index in [1.165, 1.54) is 6.92 Å². The molecule has 0 spiro atoms. The SMILES string of the molecule is CC(=O)N/N=C(/C)c1ccc(NC(=O)c2ccc(Cl)cc2)cc1. The summed E-state index contributed by atoms with van der Waals surface area (Å²) in [5.74, 6) is -0.436. The Hall–Kier alpha value is -2.66. The van der Waals surface area contributed by atoms with Crippen molar-refractivity contribution in [2.75, 3.05) is 5.32 Å². The van der Waals surface area contributed by atoms with E-state index >= 15 is 0 Å². The van der Waals surface area contributed by atoms with Gasteiger partial charge in [0.25, 0.3) is 5.91 Å². The maximum absolute atomic E-state index is 12.1. The number of carbonyl (C=O) groups is 2. The van der Waals surface area contributed by atoms with Gasteiger partial charge in [0.05, 0.1) is 5.71 Å². The molecule has 0 fully saturated rings. The third-order valence-corrected chi connectivity index (χ3v) is 3.30. The number of nitrogens with one attached hydrogen (secondary N) is 2. The van der Waals surface area contributed by atoms with Gasteiger partial charge in [-0.25, -0.2) is 5.43 Å². The van der Waals surface area contributed by atoms with Crippen molar-refractivity contribution in [1.29, 1.82) is 0 Å². The molecule has 0 radical (unpaired) electrons. The van der Waals surface area contributed by atoms with Crippen LogP contribution in [0.25, 0.3) is 0 Å². The minimum atomic E-state index is -0.226. The van der Waals surface area contributed by atoms with E-state index in [1.807, 2.05) is 12.1 Å². The Kier molecular flexibility index (Phi) is 5.49. The summed E-state index contributed by atoms with van der Waals surface area (Å²) < 4.78 is 0. The molecule has 23 heavy (non-hydrogen) atoms. The Morgan fingerprint density at radius 3 is 2.04 bits per heavy atom. The van der Waals surface area contributed by atoms with Gasteiger partial charge in [-0.15, -0.1) is 0 Å². The van der Waals surface area contributed by atoms with Crippen LogP contribution in [0.4, 0.5) is 5.69 Å². The van der Waals surface area contributed by atoms with Gasteiger partial charge in [0.1, 0.15) is 0 Å². The molecule has 2 amide bonds. The van der Waals surface area contributed by atoms with Gasteiger partial charge in [-0.3, -0.25) is 9.59 Å². The summed E-state index contributed by atoms with van der Waals surface area (Å²) >= 11 is 5.80. The zero-order valence-corrected chi connectivity index (χ0v) is 13.5. The third kappa shape index (κ3) is 4.93. The molecule has 0 aliphatic heterocycles. The number of rotatable bonds is 4. The highest BCUT2D eigenvalue weighted by atomic mass is 35.5. The first kappa shape index (κ1) is 16.7. The van der Waals surface area contributed by atoms with Crippen LogP contribution in [0.5, 0.6) is 0 Å². The van der Waals surface area contributed by atoms with Crippen molar-refractivity contribution >= 4 is 34.8 Å². The van der Waals surface area contributed by atoms with Crippen molar-refractivity contribution in [3.05, 3.63) is 64.7 Å². The number of hydrazone groups is 1. The zero-order valence-electron chi connectivity index (χ0n) is 12.8. The van der Waals surface area contributed by atoms with E-state index in [0.29, 0.717) is 22.0 Å². The molecule has 2 aromatic rings. The highest BCUT2D eigenvalue weighted by Crippen LogP contribution is 2.14. The molecule has 2 aromatic carbocycles. The van der Waals surface area contributed by atoms with E-state index in [1.54, 1.807) is 43.3 Å². The fourth-order valence-corrected chi connectivity index (χ4v) is 1.95. The summed E-state index contributed by atoms with van der Waals surface area (Å²) in [5.41, 5.74) is 5.11. The minimum absolute atomic E-state index is 0.210. The molecule has 6 heteroatoms.